The van der Waals surface area contributed by atoms with E-state index in [9.17, 15) is 38.3 Å². The van der Waals surface area contributed by atoms with Gasteiger partial charge in [0.2, 0.25) is 23.6 Å². The lowest BCUT2D eigenvalue weighted by Gasteiger charge is -2.23. The van der Waals surface area contributed by atoms with Gasteiger partial charge in [0.1, 0.15) is 29.5 Å². The van der Waals surface area contributed by atoms with Crippen LogP contribution in [0.25, 0.3) is 0 Å². The van der Waals surface area contributed by atoms with Crippen molar-refractivity contribution >= 4 is 47.5 Å². The molecule has 2 aromatic rings. The SMILES string of the molecule is CSCCC(NC(=O)[C@@H](Cc1ccccc1)NC(=O)CNC(=O)CNC(=O)[C@@H](Cc1ccc(F)cc1)NC(=O)OC(C)(C)C)C(=O)O. The van der Waals surface area contributed by atoms with Crippen LogP contribution < -0.4 is 26.6 Å². The molecule has 2 aromatic carbocycles. The van der Waals surface area contributed by atoms with E-state index in [1.807, 2.05) is 6.26 Å². The molecule has 256 valence electrons. The van der Waals surface area contributed by atoms with Crippen LogP contribution in [0.15, 0.2) is 54.6 Å². The molecular formula is C32H42FN5O8S. The molecule has 0 aliphatic heterocycles. The minimum atomic E-state index is -1.20. The fraction of sp³-hybridized carbons (Fsp3) is 0.438. The minimum absolute atomic E-state index is 0.0275. The van der Waals surface area contributed by atoms with Gasteiger partial charge in [0.05, 0.1) is 13.1 Å². The van der Waals surface area contributed by atoms with E-state index in [2.05, 4.69) is 26.6 Å². The lowest BCUT2D eigenvalue weighted by atomic mass is 10.0. The number of carboxylic acids is 1. The molecule has 3 atom stereocenters. The Balaban J connectivity index is 1.99. The van der Waals surface area contributed by atoms with Gasteiger partial charge in [-0.25, -0.2) is 14.0 Å². The molecule has 0 spiro atoms. The number of amides is 5. The number of hydrogen-bond acceptors (Lipinski definition) is 8. The molecule has 13 nitrogen and oxygen atoms in total. The number of carbonyl (C=O) groups excluding carboxylic acids is 5. The van der Waals surface area contributed by atoms with E-state index in [0.29, 0.717) is 16.9 Å². The first-order valence-electron chi connectivity index (χ1n) is 14.8. The van der Waals surface area contributed by atoms with Crippen molar-refractivity contribution < 1.29 is 43.0 Å². The van der Waals surface area contributed by atoms with Gasteiger partial charge in [0.15, 0.2) is 0 Å². The first kappa shape index (κ1) is 38.5. The molecule has 0 aliphatic rings. The van der Waals surface area contributed by atoms with Crippen molar-refractivity contribution in [2.45, 2.75) is 63.8 Å². The zero-order valence-corrected chi connectivity index (χ0v) is 27.6. The van der Waals surface area contributed by atoms with E-state index in [1.165, 1.54) is 36.0 Å². The maximum Gasteiger partial charge on any atom is 0.408 e. The van der Waals surface area contributed by atoms with Gasteiger partial charge in [-0.3, -0.25) is 19.2 Å². The van der Waals surface area contributed by atoms with Crippen molar-refractivity contribution in [3.05, 3.63) is 71.5 Å². The highest BCUT2D eigenvalue weighted by Crippen LogP contribution is 2.10. The lowest BCUT2D eigenvalue weighted by Crippen LogP contribution is -2.54. The Morgan fingerprint density at radius 3 is 1.91 bits per heavy atom. The van der Waals surface area contributed by atoms with Crippen LogP contribution in [0.2, 0.25) is 0 Å². The van der Waals surface area contributed by atoms with E-state index >= 15 is 0 Å². The number of alkyl carbamates (subject to hydrolysis) is 1. The summed E-state index contributed by atoms with van der Waals surface area (Å²) in [5, 5.41) is 21.7. The molecule has 0 radical (unpaired) electrons. The number of carbonyl (C=O) groups is 6. The number of aliphatic carboxylic acids is 1. The number of carboxylic acid groups (broad SMARTS) is 1. The Hall–Kier alpha value is -4.66. The molecule has 1 unspecified atom stereocenters. The highest BCUT2D eigenvalue weighted by molar-refractivity contribution is 7.98. The van der Waals surface area contributed by atoms with E-state index in [1.54, 1.807) is 51.1 Å². The van der Waals surface area contributed by atoms with Crippen molar-refractivity contribution in [2.75, 3.05) is 25.1 Å². The first-order chi connectivity index (χ1) is 22.2. The maximum atomic E-state index is 13.4. The smallest absolute Gasteiger partial charge is 0.408 e. The third-order valence-corrected chi connectivity index (χ3v) is 7.03. The van der Waals surface area contributed by atoms with Crippen molar-refractivity contribution in [2.24, 2.45) is 0 Å². The summed E-state index contributed by atoms with van der Waals surface area (Å²) in [6.07, 6.45) is 1.17. The van der Waals surface area contributed by atoms with Crippen LogP contribution in [-0.2, 0) is 41.6 Å². The summed E-state index contributed by atoms with van der Waals surface area (Å²) < 4.78 is 18.6. The van der Waals surface area contributed by atoms with E-state index < -0.39 is 78.3 Å². The molecule has 15 heteroatoms. The fourth-order valence-corrected chi connectivity index (χ4v) is 4.59. The van der Waals surface area contributed by atoms with Crippen LogP contribution in [0.3, 0.4) is 0 Å². The molecule has 0 fully saturated rings. The zero-order chi connectivity index (χ0) is 35.0. The van der Waals surface area contributed by atoms with Crippen LogP contribution in [0.1, 0.15) is 38.3 Å². The van der Waals surface area contributed by atoms with Crippen LogP contribution in [-0.4, -0.2) is 89.6 Å². The summed E-state index contributed by atoms with van der Waals surface area (Å²) in [6.45, 7) is 3.86. The standard InChI is InChI=1S/C32H42FN5O8S/c1-32(2,3)46-31(45)38-24(17-21-10-12-22(33)13-11-21)28(41)35-18-26(39)34-19-27(40)36-25(16-20-8-6-5-7-9-20)29(42)37-23(30(43)44)14-15-47-4/h5-13,23-25H,14-19H2,1-4H3,(H,34,39)(H,35,41)(H,36,40)(H,37,42)(H,38,45)(H,43,44)/t23?,24-,25-/m1/s1. The predicted octanol–water partition coefficient (Wildman–Crippen LogP) is 1.54. The van der Waals surface area contributed by atoms with Gasteiger partial charge in [-0.15, -0.1) is 0 Å². The van der Waals surface area contributed by atoms with Gasteiger partial charge < -0.3 is 36.4 Å². The van der Waals surface area contributed by atoms with E-state index in [0.717, 1.165) is 0 Å². The third-order valence-electron chi connectivity index (χ3n) is 6.39. The number of thioether (sulfide) groups is 1. The molecule has 0 bridgehead atoms. The summed E-state index contributed by atoms with van der Waals surface area (Å²) in [7, 11) is 0. The number of ether oxygens (including phenoxy) is 1. The average Bonchev–Trinajstić information content (AvgIpc) is 3.00. The Morgan fingerprint density at radius 2 is 1.34 bits per heavy atom. The number of hydrogen-bond donors (Lipinski definition) is 6. The monoisotopic (exact) mass is 675 g/mol. The van der Waals surface area contributed by atoms with Gasteiger partial charge in [-0.2, -0.15) is 11.8 Å². The normalized spacial score (nSPS) is 12.9. The number of rotatable bonds is 17. The van der Waals surface area contributed by atoms with Crippen LogP contribution >= 0.6 is 11.8 Å². The highest BCUT2D eigenvalue weighted by atomic mass is 32.2. The molecule has 0 saturated carbocycles. The Labute approximate surface area is 277 Å². The highest BCUT2D eigenvalue weighted by Gasteiger charge is 2.28. The predicted molar refractivity (Wildman–Crippen MR) is 174 cm³/mol. The Bertz CT molecular complexity index is 1370. The Morgan fingerprint density at radius 1 is 0.766 bits per heavy atom. The van der Waals surface area contributed by atoms with Crippen LogP contribution in [0.4, 0.5) is 9.18 Å². The molecule has 5 amide bonds. The maximum absolute atomic E-state index is 13.4. The first-order valence-corrected chi connectivity index (χ1v) is 16.2. The molecule has 0 saturated heterocycles. The number of nitrogens with one attached hydrogen (secondary N) is 5. The third kappa shape index (κ3) is 15.5. The molecule has 47 heavy (non-hydrogen) atoms. The quantitative estimate of drug-likeness (QED) is 0.144. The van der Waals surface area contributed by atoms with E-state index in [-0.39, 0.29) is 19.3 Å². The summed E-state index contributed by atoms with van der Waals surface area (Å²) in [5.74, 6) is -4.06. The van der Waals surface area contributed by atoms with Crippen LogP contribution in [0.5, 0.6) is 0 Å². The van der Waals surface area contributed by atoms with Crippen molar-refractivity contribution in [3.63, 3.8) is 0 Å². The lowest BCUT2D eigenvalue weighted by molar-refractivity contribution is -0.142. The minimum Gasteiger partial charge on any atom is -0.480 e. The van der Waals surface area contributed by atoms with Crippen molar-refractivity contribution in [1.29, 1.82) is 0 Å². The summed E-state index contributed by atoms with van der Waals surface area (Å²) >= 11 is 1.43. The number of benzene rings is 2. The summed E-state index contributed by atoms with van der Waals surface area (Å²) in [4.78, 5) is 75.3. The molecule has 2 rings (SSSR count). The fourth-order valence-electron chi connectivity index (χ4n) is 4.12. The second-order valence-electron chi connectivity index (χ2n) is 11.5. The topological polar surface area (TPSA) is 192 Å². The van der Waals surface area contributed by atoms with Gasteiger partial charge in [-0.05, 0) is 62.5 Å². The second-order valence-corrected chi connectivity index (χ2v) is 12.5. The summed E-state index contributed by atoms with van der Waals surface area (Å²) in [5.41, 5.74) is 0.414. The average molecular weight is 676 g/mol. The molecule has 6 N–H and O–H groups in total. The Kier molecular flexibility index (Phi) is 15.7. The van der Waals surface area contributed by atoms with Crippen molar-refractivity contribution in [3.8, 4) is 0 Å². The van der Waals surface area contributed by atoms with E-state index in [4.69, 9.17) is 4.74 Å². The number of halogens is 1. The van der Waals surface area contributed by atoms with Crippen molar-refractivity contribution in [1.82, 2.24) is 26.6 Å². The molecule has 0 aliphatic carbocycles. The zero-order valence-electron chi connectivity index (χ0n) is 26.8. The molecule has 0 heterocycles. The molecule has 0 aromatic heterocycles. The van der Waals surface area contributed by atoms with Gasteiger partial charge >= 0.3 is 12.1 Å². The second kappa shape index (κ2) is 19.1. The van der Waals surface area contributed by atoms with Gasteiger partial charge in [0.25, 0.3) is 0 Å². The van der Waals surface area contributed by atoms with Gasteiger partial charge in [-0.1, -0.05) is 42.5 Å². The van der Waals surface area contributed by atoms with Crippen LogP contribution in [0, 0.1) is 5.82 Å². The van der Waals surface area contributed by atoms with Gasteiger partial charge in [0, 0.05) is 12.8 Å². The summed E-state index contributed by atoms with van der Waals surface area (Å²) in [6, 6.07) is 10.7. The largest absolute Gasteiger partial charge is 0.480 e. The molecular weight excluding hydrogens is 633 g/mol.